The van der Waals surface area contributed by atoms with Crippen molar-refractivity contribution in [2.45, 2.75) is 25.3 Å². The van der Waals surface area contributed by atoms with E-state index in [1.165, 1.54) is 0 Å². The standard InChI is InChI=1S/C17H18N6O4/c1-22(8-2-7-19-21-18)10-3-4-11-12(9-10)17(27)23(16(11)26)13-5-6-14(24)20-15(13)25/h3-4,9,13H,2,5-8H2,1H3,(H,20,24,25). The first-order valence-corrected chi connectivity index (χ1v) is 8.51. The molecule has 4 amide bonds. The monoisotopic (exact) mass is 370 g/mol. The highest BCUT2D eigenvalue weighted by Crippen LogP contribution is 2.30. The van der Waals surface area contributed by atoms with Crippen LogP contribution in [0.25, 0.3) is 10.4 Å². The molecule has 2 heterocycles. The predicted octanol–water partition coefficient (Wildman–Crippen LogP) is 1.22. The van der Waals surface area contributed by atoms with E-state index in [0.717, 1.165) is 10.6 Å². The summed E-state index contributed by atoms with van der Waals surface area (Å²) >= 11 is 0. The van der Waals surface area contributed by atoms with Gasteiger partial charge in [-0.15, -0.1) is 0 Å². The summed E-state index contributed by atoms with van der Waals surface area (Å²) in [5, 5.41) is 5.65. The van der Waals surface area contributed by atoms with Crippen LogP contribution in [0.5, 0.6) is 0 Å². The summed E-state index contributed by atoms with van der Waals surface area (Å²) in [6.07, 6.45) is 0.859. The van der Waals surface area contributed by atoms with Gasteiger partial charge in [0.1, 0.15) is 6.04 Å². The SMILES string of the molecule is CN(CCCN=[N+]=[N-])c1ccc2c(c1)C(=O)N(C1CCC(=O)NC1=O)C2=O. The highest BCUT2D eigenvalue weighted by Gasteiger charge is 2.44. The van der Waals surface area contributed by atoms with Gasteiger partial charge in [0.15, 0.2) is 0 Å². The first-order chi connectivity index (χ1) is 12.9. The van der Waals surface area contributed by atoms with Crippen LogP contribution in [0.3, 0.4) is 0 Å². The molecule has 1 aromatic rings. The van der Waals surface area contributed by atoms with Gasteiger partial charge in [-0.25, -0.2) is 0 Å². The van der Waals surface area contributed by atoms with E-state index < -0.39 is 29.7 Å². The Morgan fingerprint density at radius 3 is 2.70 bits per heavy atom. The largest absolute Gasteiger partial charge is 0.375 e. The van der Waals surface area contributed by atoms with Crippen molar-refractivity contribution in [3.63, 3.8) is 0 Å². The molecule has 1 unspecified atom stereocenters. The van der Waals surface area contributed by atoms with E-state index >= 15 is 0 Å². The molecular formula is C17H18N6O4. The number of azide groups is 1. The predicted molar refractivity (Wildman–Crippen MR) is 95.0 cm³/mol. The maximum atomic E-state index is 12.8. The lowest BCUT2D eigenvalue weighted by atomic mass is 10.0. The van der Waals surface area contributed by atoms with Gasteiger partial charge in [-0.3, -0.25) is 29.4 Å². The second kappa shape index (κ2) is 7.46. The maximum Gasteiger partial charge on any atom is 0.262 e. The molecule has 27 heavy (non-hydrogen) atoms. The topological polar surface area (TPSA) is 136 Å². The number of carbonyl (C=O) groups is 4. The molecule has 1 atom stereocenters. The zero-order valence-corrected chi connectivity index (χ0v) is 14.7. The van der Waals surface area contributed by atoms with Crippen LogP contribution in [0, 0.1) is 0 Å². The van der Waals surface area contributed by atoms with Crippen LogP contribution in [0.4, 0.5) is 5.69 Å². The second-order valence-electron chi connectivity index (χ2n) is 6.41. The molecule has 3 rings (SSSR count). The van der Waals surface area contributed by atoms with Crippen LogP contribution in [-0.2, 0) is 9.59 Å². The Hall–Kier alpha value is -3.39. The van der Waals surface area contributed by atoms with Gasteiger partial charge in [-0.2, -0.15) is 0 Å². The molecule has 1 fully saturated rings. The molecule has 2 aliphatic rings. The molecule has 0 radical (unpaired) electrons. The normalized spacial score (nSPS) is 18.9. The Balaban J connectivity index is 1.79. The van der Waals surface area contributed by atoms with E-state index in [1.54, 1.807) is 18.2 Å². The van der Waals surface area contributed by atoms with Gasteiger partial charge in [0, 0.05) is 37.2 Å². The van der Waals surface area contributed by atoms with Crippen LogP contribution >= 0.6 is 0 Å². The minimum absolute atomic E-state index is 0.0863. The fourth-order valence-electron chi connectivity index (χ4n) is 3.25. The van der Waals surface area contributed by atoms with Crippen LogP contribution in [-0.4, -0.2) is 54.7 Å². The number of hydrogen-bond donors (Lipinski definition) is 1. The Morgan fingerprint density at radius 2 is 2.00 bits per heavy atom. The molecule has 0 aromatic heterocycles. The number of rotatable bonds is 6. The van der Waals surface area contributed by atoms with Gasteiger partial charge in [-0.05, 0) is 36.6 Å². The lowest BCUT2D eigenvalue weighted by Gasteiger charge is -2.27. The van der Waals surface area contributed by atoms with Crippen molar-refractivity contribution in [3.8, 4) is 0 Å². The number of fused-ring (bicyclic) bond motifs is 1. The first kappa shape index (κ1) is 18.4. The number of piperidine rings is 1. The highest BCUT2D eigenvalue weighted by molar-refractivity contribution is 6.23. The van der Waals surface area contributed by atoms with E-state index in [9.17, 15) is 19.2 Å². The maximum absolute atomic E-state index is 12.8. The molecule has 1 saturated heterocycles. The molecule has 0 spiro atoms. The number of amides is 4. The summed E-state index contributed by atoms with van der Waals surface area (Å²) in [5.74, 6) is -2.09. The third kappa shape index (κ3) is 3.47. The van der Waals surface area contributed by atoms with Gasteiger partial charge in [0.2, 0.25) is 11.8 Å². The smallest absolute Gasteiger partial charge is 0.262 e. The van der Waals surface area contributed by atoms with Gasteiger partial charge >= 0.3 is 0 Å². The van der Waals surface area contributed by atoms with Crippen molar-refractivity contribution < 1.29 is 19.2 Å². The van der Waals surface area contributed by atoms with Crippen LogP contribution in [0.15, 0.2) is 23.3 Å². The van der Waals surface area contributed by atoms with Crippen molar-refractivity contribution in [1.29, 1.82) is 0 Å². The third-order valence-corrected chi connectivity index (χ3v) is 4.68. The van der Waals surface area contributed by atoms with Crippen molar-refractivity contribution in [3.05, 3.63) is 39.8 Å². The van der Waals surface area contributed by atoms with E-state index in [4.69, 9.17) is 5.53 Å². The molecule has 0 aliphatic carbocycles. The van der Waals surface area contributed by atoms with Crippen molar-refractivity contribution in [2.24, 2.45) is 5.11 Å². The summed E-state index contributed by atoms with van der Waals surface area (Å²) in [4.78, 5) is 54.3. The number of imide groups is 2. The van der Waals surface area contributed by atoms with Crippen LogP contribution in [0.2, 0.25) is 0 Å². The lowest BCUT2D eigenvalue weighted by molar-refractivity contribution is -0.136. The Kier molecular flexibility index (Phi) is 5.09. The average Bonchev–Trinajstić information content (AvgIpc) is 2.89. The summed E-state index contributed by atoms with van der Waals surface area (Å²) in [5.41, 5.74) is 9.52. The Morgan fingerprint density at radius 1 is 1.26 bits per heavy atom. The number of nitrogens with zero attached hydrogens (tertiary/aromatic N) is 5. The van der Waals surface area contributed by atoms with Crippen molar-refractivity contribution in [1.82, 2.24) is 10.2 Å². The Labute approximate surface area is 154 Å². The van der Waals surface area contributed by atoms with Crippen molar-refractivity contribution in [2.75, 3.05) is 25.0 Å². The van der Waals surface area contributed by atoms with Gasteiger partial charge in [0.25, 0.3) is 11.8 Å². The molecule has 1 N–H and O–H groups in total. The van der Waals surface area contributed by atoms with Crippen LogP contribution in [0.1, 0.15) is 40.0 Å². The van der Waals surface area contributed by atoms with E-state index in [2.05, 4.69) is 15.3 Å². The molecule has 2 aliphatic heterocycles. The molecule has 10 heteroatoms. The molecule has 140 valence electrons. The zero-order valence-electron chi connectivity index (χ0n) is 14.7. The van der Waals surface area contributed by atoms with Crippen molar-refractivity contribution >= 4 is 29.3 Å². The lowest BCUT2D eigenvalue weighted by Crippen LogP contribution is -2.54. The average molecular weight is 370 g/mol. The Bertz CT molecular complexity index is 876. The zero-order chi connectivity index (χ0) is 19.6. The number of nitrogens with one attached hydrogen (secondary N) is 1. The number of anilines is 1. The van der Waals surface area contributed by atoms with E-state index in [-0.39, 0.29) is 24.0 Å². The highest BCUT2D eigenvalue weighted by atomic mass is 16.2. The minimum Gasteiger partial charge on any atom is -0.375 e. The van der Waals surface area contributed by atoms with E-state index in [0.29, 0.717) is 19.5 Å². The molecule has 1 aromatic carbocycles. The summed E-state index contributed by atoms with van der Waals surface area (Å²) in [6.45, 7) is 0.975. The number of carbonyl (C=O) groups excluding carboxylic acids is 4. The van der Waals surface area contributed by atoms with Gasteiger partial charge < -0.3 is 4.90 Å². The quantitative estimate of drug-likeness (QED) is 0.264. The fourth-order valence-corrected chi connectivity index (χ4v) is 3.25. The van der Waals surface area contributed by atoms with Gasteiger partial charge in [-0.1, -0.05) is 5.11 Å². The molecule has 0 saturated carbocycles. The van der Waals surface area contributed by atoms with E-state index in [1.807, 2.05) is 11.9 Å². The van der Waals surface area contributed by atoms with Crippen LogP contribution < -0.4 is 10.2 Å². The molecule has 0 bridgehead atoms. The fraction of sp³-hybridized carbons (Fsp3) is 0.412. The minimum atomic E-state index is -0.972. The third-order valence-electron chi connectivity index (χ3n) is 4.68. The summed E-state index contributed by atoms with van der Waals surface area (Å²) in [7, 11) is 1.83. The second-order valence-corrected chi connectivity index (χ2v) is 6.41. The summed E-state index contributed by atoms with van der Waals surface area (Å²) < 4.78 is 0. The number of hydrogen-bond acceptors (Lipinski definition) is 6. The summed E-state index contributed by atoms with van der Waals surface area (Å²) in [6, 6.07) is 3.95. The van der Waals surface area contributed by atoms with Gasteiger partial charge in [0.05, 0.1) is 11.1 Å². The first-order valence-electron chi connectivity index (χ1n) is 8.51. The molecule has 10 nitrogen and oxygen atoms in total. The molecular weight excluding hydrogens is 352 g/mol. The number of benzene rings is 1.